The molecule has 2 unspecified atom stereocenters. The highest BCUT2D eigenvalue weighted by atomic mass is 16.2. The van der Waals surface area contributed by atoms with Crippen LogP contribution in [-0.4, -0.2) is 49.8 Å². The van der Waals surface area contributed by atoms with Crippen LogP contribution in [0.15, 0.2) is 0 Å². The minimum absolute atomic E-state index is 0.0971. The average Bonchev–Trinajstić information content (AvgIpc) is 2.26. The summed E-state index contributed by atoms with van der Waals surface area (Å²) in [4.78, 5) is 27.2. The standard InChI is InChI=1S/C12H22N2O2/c1-13(2)11(15)9-7-5-6-8-10(9)12(16)14(3)4/h9-10H,5-8H2,1-4H3. The number of hydrogen-bond donors (Lipinski definition) is 0. The summed E-state index contributed by atoms with van der Waals surface area (Å²) < 4.78 is 0. The first kappa shape index (κ1) is 13.0. The van der Waals surface area contributed by atoms with Gasteiger partial charge in [-0.25, -0.2) is 0 Å². The monoisotopic (exact) mass is 226 g/mol. The highest BCUT2D eigenvalue weighted by Crippen LogP contribution is 2.32. The van der Waals surface area contributed by atoms with E-state index in [1.54, 1.807) is 38.0 Å². The number of carbonyl (C=O) groups is 2. The molecule has 1 saturated carbocycles. The summed E-state index contributed by atoms with van der Waals surface area (Å²) in [5.41, 5.74) is 0. The second kappa shape index (κ2) is 5.32. The Bertz CT molecular complexity index is 246. The van der Waals surface area contributed by atoms with Crippen LogP contribution in [-0.2, 0) is 9.59 Å². The predicted molar refractivity (Wildman–Crippen MR) is 62.8 cm³/mol. The van der Waals surface area contributed by atoms with Gasteiger partial charge in [0.15, 0.2) is 0 Å². The van der Waals surface area contributed by atoms with Gasteiger partial charge in [0, 0.05) is 40.0 Å². The zero-order chi connectivity index (χ0) is 12.3. The maximum Gasteiger partial charge on any atom is 0.225 e. The van der Waals surface area contributed by atoms with E-state index < -0.39 is 0 Å². The Labute approximate surface area is 97.6 Å². The van der Waals surface area contributed by atoms with E-state index in [2.05, 4.69) is 0 Å². The zero-order valence-electron chi connectivity index (χ0n) is 10.7. The van der Waals surface area contributed by atoms with E-state index >= 15 is 0 Å². The normalized spacial score (nSPS) is 25.0. The summed E-state index contributed by atoms with van der Waals surface area (Å²) >= 11 is 0. The Morgan fingerprint density at radius 1 is 0.812 bits per heavy atom. The van der Waals surface area contributed by atoms with Crippen molar-refractivity contribution < 1.29 is 9.59 Å². The van der Waals surface area contributed by atoms with Crippen molar-refractivity contribution >= 4 is 11.8 Å². The van der Waals surface area contributed by atoms with Crippen LogP contribution >= 0.6 is 0 Å². The smallest absolute Gasteiger partial charge is 0.225 e. The van der Waals surface area contributed by atoms with Gasteiger partial charge in [0.2, 0.25) is 11.8 Å². The summed E-state index contributed by atoms with van der Waals surface area (Å²) in [6.07, 6.45) is 3.81. The van der Waals surface area contributed by atoms with Gasteiger partial charge in [0.25, 0.3) is 0 Å². The van der Waals surface area contributed by atoms with Gasteiger partial charge in [-0.2, -0.15) is 0 Å². The second-order valence-corrected chi connectivity index (χ2v) is 4.96. The number of nitrogens with zero attached hydrogens (tertiary/aromatic N) is 2. The van der Waals surface area contributed by atoms with Crippen LogP contribution in [0.25, 0.3) is 0 Å². The molecule has 0 aromatic heterocycles. The average molecular weight is 226 g/mol. The first-order valence-electron chi connectivity index (χ1n) is 5.87. The Morgan fingerprint density at radius 3 is 1.38 bits per heavy atom. The van der Waals surface area contributed by atoms with E-state index in [-0.39, 0.29) is 23.7 Å². The molecule has 0 heterocycles. The highest BCUT2D eigenvalue weighted by molar-refractivity contribution is 5.87. The summed E-state index contributed by atoms with van der Waals surface area (Å²) in [6.45, 7) is 0. The Morgan fingerprint density at radius 2 is 1.12 bits per heavy atom. The van der Waals surface area contributed by atoms with Gasteiger partial charge in [-0.3, -0.25) is 9.59 Å². The van der Waals surface area contributed by atoms with Crippen molar-refractivity contribution in [3.05, 3.63) is 0 Å². The van der Waals surface area contributed by atoms with Crippen LogP contribution < -0.4 is 0 Å². The minimum atomic E-state index is -0.112. The summed E-state index contributed by atoms with van der Waals surface area (Å²) in [6, 6.07) is 0. The van der Waals surface area contributed by atoms with Gasteiger partial charge in [-0.05, 0) is 12.8 Å². The molecule has 16 heavy (non-hydrogen) atoms. The first-order valence-corrected chi connectivity index (χ1v) is 5.87. The molecule has 1 aliphatic rings. The fourth-order valence-corrected chi connectivity index (χ4v) is 2.39. The molecule has 0 aromatic rings. The molecular formula is C12H22N2O2. The molecule has 0 aliphatic heterocycles. The highest BCUT2D eigenvalue weighted by Gasteiger charge is 2.36. The molecule has 2 amide bonds. The fourth-order valence-electron chi connectivity index (χ4n) is 2.39. The molecule has 1 aliphatic carbocycles. The maximum atomic E-state index is 12.0. The van der Waals surface area contributed by atoms with Crippen molar-refractivity contribution in [2.24, 2.45) is 11.8 Å². The third-order valence-corrected chi connectivity index (χ3v) is 3.28. The predicted octanol–water partition coefficient (Wildman–Crippen LogP) is 0.969. The van der Waals surface area contributed by atoms with Crippen LogP contribution in [0.4, 0.5) is 0 Å². The lowest BCUT2D eigenvalue weighted by molar-refractivity contribution is -0.145. The van der Waals surface area contributed by atoms with E-state index in [0.29, 0.717) is 0 Å². The fraction of sp³-hybridized carbons (Fsp3) is 0.833. The van der Waals surface area contributed by atoms with E-state index in [1.807, 2.05) is 0 Å². The van der Waals surface area contributed by atoms with Gasteiger partial charge in [-0.1, -0.05) is 12.8 Å². The Hall–Kier alpha value is -1.06. The maximum absolute atomic E-state index is 12.0. The van der Waals surface area contributed by atoms with Crippen molar-refractivity contribution in [3.63, 3.8) is 0 Å². The number of hydrogen-bond acceptors (Lipinski definition) is 2. The topological polar surface area (TPSA) is 40.6 Å². The lowest BCUT2D eigenvalue weighted by Crippen LogP contribution is -2.42. The first-order chi connectivity index (χ1) is 7.45. The van der Waals surface area contributed by atoms with Gasteiger partial charge < -0.3 is 9.80 Å². The molecule has 0 saturated heterocycles. The van der Waals surface area contributed by atoms with Gasteiger partial charge >= 0.3 is 0 Å². The molecule has 0 bridgehead atoms. The molecule has 4 nitrogen and oxygen atoms in total. The number of amides is 2. The minimum Gasteiger partial charge on any atom is -0.349 e. The number of carbonyl (C=O) groups excluding carboxylic acids is 2. The van der Waals surface area contributed by atoms with Gasteiger partial charge in [-0.15, -0.1) is 0 Å². The molecule has 92 valence electrons. The van der Waals surface area contributed by atoms with E-state index in [1.165, 1.54) is 0 Å². The van der Waals surface area contributed by atoms with Gasteiger partial charge in [0.05, 0.1) is 0 Å². The number of rotatable bonds is 2. The van der Waals surface area contributed by atoms with Crippen molar-refractivity contribution in [2.75, 3.05) is 28.2 Å². The van der Waals surface area contributed by atoms with Gasteiger partial charge in [0.1, 0.15) is 0 Å². The largest absolute Gasteiger partial charge is 0.349 e. The Kier molecular flexibility index (Phi) is 4.33. The van der Waals surface area contributed by atoms with E-state index in [4.69, 9.17) is 0 Å². The molecule has 4 heteroatoms. The van der Waals surface area contributed by atoms with Crippen molar-refractivity contribution in [1.29, 1.82) is 0 Å². The van der Waals surface area contributed by atoms with E-state index in [9.17, 15) is 9.59 Å². The van der Waals surface area contributed by atoms with Crippen molar-refractivity contribution in [1.82, 2.24) is 9.80 Å². The summed E-state index contributed by atoms with van der Waals surface area (Å²) in [5.74, 6) is -0.0305. The summed E-state index contributed by atoms with van der Waals surface area (Å²) in [7, 11) is 7.03. The van der Waals surface area contributed by atoms with Crippen LogP contribution in [0.3, 0.4) is 0 Å². The van der Waals surface area contributed by atoms with Crippen molar-refractivity contribution in [2.45, 2.75) is 25.7 Å². The third-order valence-electron chi connectivity index (χ3n) is 3.28. The molecule has 0 spiro atoms. The van der Waals surface area contributed by atoms with Crippen LogP contribution in [0.2, 0.25) is 0 Å². The van der Waals surface area contributed by atoms with Crippen molar-refractivity contribution in [3.8, 4) is 0 Å². The summed E-state index contributed by atoms with van der Waals surface area (Å²) in [5, 5.41) is 0. The Balaban J connectivity index is 2.79. The van der Waals surface area contributed by atoms with Crippen LogP contribution in [0, 0.1) is 11.8 Å². The zero-order valence-corrected chi connectivity index (χ0v) is 10.7. The SMILES string of the molecule is CN(C)C(=O)C1CCCCC1C(=O)N(C)C. The van der Waals surface area contributed by atoms with Crippen LogP contribution in [0.5, 0.6) is 0 Å². The second-order valence-electron chi connectivity index (χ2n) is 4.96. The quantitative estimate of drug-likeness (QED) is 0.704. The molecular weight excluding hydrogens is 204 g/mol. The molecule has 0 radical (unpaired) electrons. The van der Waals surface area contributed by atoms with E-state index in [0.717, 1.165) is 25.7 Å². The molecule has 2 atom stereocenters. The molecule has 1 fully saturated rings. The molecule has 0 aromatic carbocycles. The van der Waals surface area contributed by atoms with Crippen LogP contribution in [0.1, 0.15) is 25.7 Å². The molecule has 1 rings (SSSR count). The molecule has 0 N–H and O–H groups in total. The third kappa shape index (κ3) is 2.74. The lowest BCUT2D eigenvalue weighted by Gasteiger charge is -2.32. The lowest BCUT2D eigenvalue weighted by atomic mass is 9.77.